The number of carbonyl (C=O) groups is 2. The van der Waals surface area contributed by atoms with Gasteiger partial charge in [0, 0.05) is 42.5 Å². The van der Waals surface area contributed by atoms with Gasteiger partial charge in [0.2, 0.25) is 5.88 Å². The largest absolute Gasteiger partial charge is 0.467 e. The minimum absolute atomic E-state index is 0.0580. The zero-order chi connectivity index (χ0) is 22.6. The van der Waals surface area contributed by atoms with Crippen LogP contribution >= 0.6 is 11.6 Å². The molecule has 0 bridgehead atoms. The zero-order valence-corrected chi connectivity index (χ0v) is 17.5. The molecule has 3 rings (SSSR count). The van der Waals surface area contributed by atoms with Crippen LogP contribution in [0.2, 0.25) is 5.02 Å². The SMILES string of the molecule is Cc1cc(C(=O)NCc2cnc(OCC(F)(F)F)c(Cl)c2)cc(CC(=O)CC2CC2)n1. The summed E-state index contributed by atoms with van der Waals surface area (Å²) in [6, 6.07) is 4.58. The van der Waals surface area contributed by atoms with Gasteiger partial charge in [-0.1, -0.05) is 11.6 Å². The summed E-state index contributed by atoms with van der Waals surface area (Å²) in [6.45, 7) is 0.306. The van der Waals surface area contributed by atoms with Crippen molar-refractivity contribution in [3.8, 4) is 5.88 Å². The molecule has 0 aromatic carbocycles. The third kappa shape index (κ3) is 7.50. The van der Waals surface area contributed by atoms with Gasteiger partial charge in [-0.3, -0.25) is 14.6 Å². The molecule has 2 aromatic rings. The van der Waals surface area contributed by atoms with Gasteiger partial charge in [0.1, 0.15) is 10.8 Å². The number of hydrogen-bond donors (Lipinski definition) is 1. The van der Waals surface area contributed by atoms with Crippen LogP contribution in [0.1, 0.15) is 46.6 Å². The number of aromatic nitrogens is 2. The maximum Gasteiger partial charge on any atom is 0.422 e. The fourth-order valence-corrected chi connectivity index (χ4v) is 3.22. The van der Waals surface area contributed by atoms with Gasteiger partial charge in [0.15, 0.2) is 6.61 Å². The van der Waals surface area contributed by atoms with Crippen LogP contribution in [0.25, 0.3) is 0 Å². The van der Waals surface area contributed by atoms with Crippen LogP contribution < -0.4 is 10.1 Å². The molecule has 6 nitrogen and oxygen atoms in total. The molecule has 1 fully saturated rings. The molecule has 1 aliphatic rings. The van der Waals surface area contributed by atoms with Gasteiger partial charge in [0.25, 0.3) is 5.91 Å². The first kappa shape index (κ1) is 23.0. The lowest BCUT2D eigenvalue weighted by molar-refractivity contribution is -0.154. The maximum absolute atomic E-state index is 12.5. The molecule has 0 unspecified atom stereocenters. The Kier molecular flexibility index (Phi) is 7.15. The molecule has 1 aliphatic carbocycles. The second kappa shape index (κ2) is 9.64. The molecule has 2 aromatic heterocycles. The summed E-state index contributed by atoms with van der Waals surface area (Å²) in [5.41, 5.74) is 2.03. The fourth-order valence-electron chi connectivity index (χ4n) is 2.98. The Morgan fingerprint density at radius 2 is 2.00 bits per heavy atom. The van der Waals surface area contributed by atoms with Gasteiger partial charge in [0.05, 0.1) is 0 Å². The van der Waals surface area contributed by atoms with E-state index in [2.05, 4.69) is 20.0 Å². The molecule has 1 saturated carbocycles. The van der Waals surface area contributed by atoms with Crippen LogP contribution in [-0.4, -0.2) is 34.4 Å². The van der Waals surface area contributed by atoms with Gasteiger partial charge in [-0.2, -0.15) is 13.2 Å². The van der Waals surface area contributed by atoms with Crippen LogP contribution in [0.3, 0.4) is 0 Å². The van der Waals surface area contributed by atoms with E-state index in [1.807, 2.05) is 0 Å². The Hall–Kier alpha value is -2.68. The summed E-state index contributed by atoms with van der Waals surface area (Å²) in [6.07, 6.45) is -0.297. The number of ketones is 1. The van der Waals surface area contributed by atoms with Crippen molar-refractivity contribution in [3.05, 3.63) is 51.9 Å². The smallest absolute Gasteiger partial charge is 0.422 e. The van der Waals surface area contributed by atoms with E-state index in [1.54, 1.807) is 19.1 Å². The monoisotopic (exact) mass is 455 g/mol. The normalized spacial score (nSPS) is 13.7. The van der Waals surface area contributed by atoms with Crippen molar-refractivity contribution in [3.63, 3.8) is 0 Å². The van der Waals surface area contributed by atoms with E-state index >= 15 is 0 Å². The number of aryl methyl sites for hydroxylation is 1. The number of amides is 1. The summed E-state index contributed by atoms with van der Waals surface area (Å²) in [5, 5.41) is 2.61. The molecule has 0 spiro atoms. The van der Waals surface area contributed by atoms with Crippen LogP contribution in [0.15, 0.2) is 24.4 Å². The quantitative estimate of drug-likeness (QED) is 0.612. The van der Waals surface area contributed by atoms with Crippen LogP contribution in [0, 0.1) is 12.8 Å². The summed E-state index contributed by atoms with van der Waals surface area (Å²) >= 11 is 5.91. The molecule has 31 heavy (non-hydrogen) atoms. The lowest BCUT2D eigenvalue weighted by Crippen LogP contribution is -2.23. The summed E-state index contributed by atoms with van der Waals surface area (Å²) < 4.78 is 41.3. The molecule has 0 atom stereocenters. The minimum atomic E-state index is -4.50. The number of carbonyl (C=O) groups excluding carboxylic acids is 2. The number of pyridine rings is 2. The van der Waals surface area contributed by atoms with Crippen molar-refractivity contribution in [1.82, 2.24) is 15.3 Å². The minimum Gasteiger partial charge on any atom is -0.467 e. The molecule has 1 amide bonds. The summed E-state index contributed by atoms with van der Waals surface area (Å²) in [7, 11) is 0. The van der Waals surface area contributed by atoms with Crippen molar-refractivity contribution in [2.24, 2.45) is 5.92 Å². The third-order valence-corrected chi connectivity index (χ3v) is 4.82. The molecular formula is C21H21ClF3N3O3. The number of halogens is 4. The van der Waals surface area contributed by atoms with E-state index < -0.39 is 12.8 Å². The highest BCUT2D eigenvalue weighted by Crippen LogP contribution is 2.32. The highest BCUT2D eigenvalue weighted by Gasteiger charge is 2.29. The Morgan fingerprint density at radius 3 is 2.65 bits per heavy atom. The average Bonchev–Trinajstić information content (AvgIpc) is 3.47. The molecule has 0 radical (unpaired) electrons. The standard InChI is InChI=1S/C21H21ClF3N3O3/c1-12-4-15(7-16(28-12)8-17(29)5-13-2-3-13)19(30)26-9-14-6-18(22)20(27-10-14)31-11-21(23,24)25/h4,6-7,10,13H,2-3,5,8-9,11H2,1H3,(H,26,30). The number of ether oxygens (including phenoxy) is 1. The number of alkyl halides is 3. The average molecular weight is 456 g/mol. The van der Waals surface area contributed by atoms with Gasteiger partial charge in [-0.15, -0.1) is 0 Å². The number of Topliss-reactive ketones (excluding diaryl/α,β-unsaturated/α-hetero) is 1. The third-order valence-electron chi connectivity index (χ3n) is 4.55. The Labute approximate surface area is 182 Å². The molecular weight excluding hydrogens is 435 g/mol. The van der Waals surface area contributed by atoms with Gasteiger partial charge in [-0.05, 0) is 49.4 Å². The number of nitrogens with zero attached hydrogens (tertiary/aromatic N) is 2. The summed E-state index contributed by atoms with van der Waals surface area (Å²) in [5.74, 6) is -0.111. The fraction of sp³-hybridized carbons (Fsp3) is 0.429. The number of rotatable bonds is 9. The Bertz CT molecular complexity index is 978. The molecule has 166 valence electrons. The van der Waals surface area contributed by atoms with Gasteiger partial charge in [-0.25, -0.2) is 4.98 Å². The van der Waals surface area contributed by atoms with Crippen molar-refractivity contribution in [1.29, 1.82) is 0 Å². The van der Waals surface area contributed by atoms with Crippen LogP contribution in [0.4, 0.5) is 13.2 Å². The Balaban J connectivity index is 1.58. The maximum atomic E-state index is 12.5. The highest BCUT2D eigenvalue weighted by molar-refractivity contribution is 6.31. The molecule has 1 N–H and O–H groups in total. The van der Waals surface area contributed by atoms with Gasteiger partial charge < -0.3 is 10.1 Å². The van der Waals surface area contributed by atoms with Crippen molar-refractivity contribution >= 4 is 23.3 Å². The highest BCUT2D eigenvalue weighted by atomic mass is 35.5. The lowest BCUT2D eigenvalue weighted by Gasteiger charge is -2.11. The number of hydrogen-bond acceptors (Lipinski definition) is 5. The predicted octanol–water partition coefficient (Wildman–Crippen LogP) is 4.22. The van der Waals surface area contributed by atoms with E-state index in [-0.39, 0.29) is 35.6 Å². The van der Waals surface area contributed by atoms with E-state index in [4.69, 9.17) is 11.6 Å². The van der Waals surface area contributed by atoms with Crippen molar-refractivity contribution < 1.29 is 27.5 Å². The van der Waals surface area contributed by atoms with Crippen molar-refractivity contribution in [2.45, 2.75) is 45.3 Å². The first-order valence-electron chi connectivity index (χ1n) is 9.70. The molecule has 2 heterocycles. The molecule has 10 heteroatoms. The predicted molar refractivity (Wildman–Crippen MR) is 107 cm³/mol. The van der Waals surface area contributed by atoms with Gasteiger partial charge >= 0.3 is 6.18 Å². The topological polar surface area (TPSA) is 81.2 Å². The Morgan fingerprint density at radius 1 is 1.26 bits per heavy atom. The van der Waals surface area contributed by atoms with Crippen LogP contribution in [-0.2, 0) is 17.8 Å². The molecule has 0 aliphatic heterocycles. The van der Waals surface area contributed by atoms with Crippen molar-refractivity contribution in [2.75, 3.05) is 6.61 Å². The molecule has 0 saturated heterocycles. The second-order valence-electron chi connectivity index (χ2n) is 7.57. The van der Waals surface area contributed by atoms with E-state index in [0.717, 1.165) is 12.8 Å². The van der Waals surface area contributed by atoms with Crippen LogP contribution in [0.5, 0.6) is 5.88 Å². The summed E-state index contributed by atoms with van der Waals surface area (Å²) in [4.78, 5) is 32.7. The zero-order valence-electron chi connectivity index (χ0n) is 16.8. The first-order chi connectivity index (χ1) is 14.6. The lowest BCUT2D eigenvalue weighted by atomic mass is 10.1. The number of nitrogens with one attached hydrogen (secondary N) is 1. The van der Waals surface area contributed by atoms with E-state index in [1.165, 1.54) is 12.3 Å². The second-order valence-corrected chi connectivity index (χ2v) is 7.98. The van der Waals surface area contributed by atoms with E-state index in [9.17, 15) is 22.8 Å². The van der Waals surface area contributed by atoms with E-state index in [0.29, 0.717) is 34.9 Å². The first-order valence-corrected chi connectivity index (χ1v) is 10.1.